The zero-order valence-electron chi connectivity index (χ0n) is 14.6. The van der Waals surface area contributed by atoms with Crippen molar-refractivity contribution in [1.29, 1.82) is 0 Å². The highest BCUT2D eigenvalue weighted by Gasteiger charge is 2.22. The Morgan fingerprint density at radius 1 is 0.920 bits per heavy atom. The van der Waals surface area contributed by atoms with Crippen molar-refractivity contribution in [1.82, 2.24) is 0 Å². The molecule has 0 unspecified atom stereocenters. The smallest absolute Gasteiger partial charge is 0.201 e. The van der Waals surface area contributed by atoms with E-state index in [1.807, 2.05) is 6.07 Å². The van der Waals surface area contributed by atoms with E-state index in [0.717, 1.165) is 37.2 Å². The molecule has 0 radical (unpaired) electrons. The van der Waals surface area contributed by atoms with Crippen LogP contribution in [0.4, 0.5) is 13.2 Å². The molecule has 2 aromatic carbocycles. The summed E-state index contributed by atoms with van der Waals surface area (Å²) in [6, 6.07) is 7.58. The molecule has 0 amide bonds. The molecule has 1 fully saturated rings. The van der Waals surface area contributed by atoms with E-state index in [2.05, 4.69) is 6.92 Å². The number of hydrogen-bond donors (Lipinski definition) is 0. The summed E-state index contributed by atoms with van der Waals surface area (Å²) in [6.07, 6.45) is 4.39. The summed E-state index contributed by atoms with van der Waals surface area (Å²) in [5.41, 5.74) is 0.939. The Morgan fingerprint density at radius 2 is 1.60 bits per heavy atom. The summed E-state index contributed by atoms with van der Waals surface area (Å²) in [6.45, 7) is 4.16. The monoisotopic (exact) mass is 348 g/mol. The van der Waals surface area contributed by atoms with Crippen LogP contribution in [0.5, 0.6) is 5.75 Å². The van der Waals surface area contributed by atoms with Crippen molar-refractivity contribution in [2.75, 3.05) is 6.61 Å². The Bertz CT molecular complexity index is 749. The molecule has 3 rings (SSSR count). The van der Waals surface area contributed by atoms with Gasteiger partial charge in [0, 0.05) is 11.1 Å². The van der Waals surface area contributed by atoms with Crippen molar-refractivity contribution in [3.8, 4) is 16.9 Å². The first-order valence-corrected chi connectivity index (χ1v) is 8.91. The fraction of sp³-hybridized carbons (Fsp3) is 0.429. The lowest BCUT2D eigenvalue weighted by atomic mass is 9.79. The average Bonchev–Trinajstić information content (AvgIpc) is 2.60. The van der Waals surface area contributed by atoms with Gasteiger partial charge in [-0.05, 0) is 55.4 Å². The van der Waals surface area contributed by atoms with Crippen molar-refractivity contribution in [3.05, 3.63) is 53.3 Å². The van der Waals surface area contributed by atoms with Gasteiger partial charge in [0.2, 0.25) is 5.82 Å². The molecule has 1 saturated carbocycles. The molecule has 4 heteroatoms. The normalized spacial score (nSPS) is 20.5. The molecule has 0 aliphatic heterocycles. The SMILES string of the molecule is CCOc1ccc(-c2ccc(C3CCC(C)CC3)cc2F)c(F)c1F. The minimum atomic E-state index is -1.08. The van der Waals surface area contributed by atoms with Gasteiger partial charge in [-0.25, -0.2) is 8.78 Å². The van der Waals surface area contributed by atoms with E-state index in [9.17, 15) is 13.2 Å². The van der Waals surface area contributed by atoms with Crippen LogP contribution in [-0.4, -0.2) is 6.61 Å². The minimum absolute atomic E-state index is 0.0763. The summed E-state index contributed by atoms with van der Waals surface area (Å²) in [7, 11) is 0. The van der Waals surface area contributed by atoms with E-state index >= 15 is 0 Å². The van der Waals surface area contributed by atoms with Crippen LogP contribution < -0.4 is 4.74 Å². The maximum atomic E-state index is 14.6. The van der Waals surface area contributed by atoms with Gasteiger partial charge in [-0.1, -0.05) is 31.9 Å². The van der Waals surface area contributed by atoms with Crippen molar-refractivity contribution in [2.45, 2.75) is 45.4 Å². The van der Waals surface area contributed by atoms with Gasteiger partial charge in [0.05, 0.1) is 6.61 Å². The van der Waals surface area contributed by atoms with Gasteiger partial charge in [0.15, 0.2) is 11.6 Å². The van der Waals surface area contributed by atoms with E-state index in [-0.39, 0.29) is 23.5 Å². The third kappa shape index (κ3) is 3.68. The third-order valence-corrected chi connectivity index (χ3v) is 5.12. The summed E-state index contributed by atoms with van der Waals surface area (Å²) in [5.74, 6) is -1.76. The molecule has 0 heterocycles. The molecule has 1 aliphatic carbocycles. The number of ether oxygens (including phenoxy) is 1. The number of benzene rings is 2. The van der Waals surface area contributed by atoms with Gasteiger partial charge < -0.3 is 4.74 Å². The van der Waals surface area contributed by atoms with Crippen LogP contribution in [-0.2, 0) is 0 Å². The highest BCUT2D eigenvalue weighted by molar-refractivity contribution is 5.66. The van der Waals surface area contributed by atoms with Crippen molar-refractivity contribution in [2.24, 2.45) is 5.92 Å². The van der Waals surface area contributed by atoms with E-state index in [1.54, 1.807) is 13.0 Å². The molecule has 0 atom stereocenters. The predicted molar refractivity (Wildman–Crippen MR) is 93.3 cm³/mol. The molecular weight excluding hydrogens is 325 g/mol. The molecule has 1 aliphatic rings. The lowest BCUT2D eigenvalue weighted by Gasteiger charge is -2.26. The second-order valence-electron chi connectivity index (χ2n) is 6.87. The first-order chi connectivity index (χ1) is 12.0. The number of hydrogen-bond acceptors (Lipinski definition) is 1. The summed E-state index contributed by atoms with van der Waals surface area (Å²) in [5, 5.41) is 0. The molecule has 0 aromatic heterocycles. The Kier molecular flexibility index (Phi) is 5.36. The topological polar surface area (TPSA) is 9.23 Å². The molecule has 134 valence electrons. The van der Waals surface area contributed by atoms with Crippen LogP contribution >= 0.6 is 0 Å². The van der Waals surface area contributed by atoms with Crippen molar-refractivity contribution in [3.63, 3.8) is 0 Å². The molecule has 0 saturated heterocycles. The highest BCUT2D eigenvalue weighted by atomic mass is 19.2. The number of rotatable bonds is 4. The van der Waals surface area contributed by atoms with Crippen molar-refractivity contribution >= 4 is 0 Å². The zero-order valence-corrected chi connectivity index (χ0v) is 14.6. The van der Waals surface area contributed by atoms with E-state index in [4.69, 9.17) is 4.74 Å². The maximum absolute atomic E-state index is 14.6. The summed E-state index contributed by atoms with van der Waals surface area (Å²) in [4.78, 5) is 0. The largest absolute Gasteiger partial charge is 0.491 e. The Hall–Kier alpha value is -1.97. The second-order valence-corrected chi connectivity index (χ2v) is 6.87. The molecule has 0 spiro atoms. The molecule has 1 nitrogen and oxygen atoms in total. The van der Waals surface area contributed by atoms with Crippen molar-refractivity contribution < 1.29 is 17.9 Å². The molecule has 0 N–H and O–H groups in total. The van der Waals surface area contributed by atoms with Crippen LogP contribution in [0, 0.1) is 23.4 Å². The van der Waals surface area contributed by atoms with Gasteiger partial charge in [0.25, 0.3) is 0 Å². The summed E-state index contributed by atoms with van der Waals surface area (Å²) < 4.78 is 48.0. The van der Waals surface area contributed by atoms with Gasteiger partial charge in [-0.15, -0.1) is 0 Å². The van der Waals surface area contributed by atoms with Gasteiger partial charge in [-0.3, -0.25) is 0 Å². The third-order valence-electron chi connectivity index (χ3n) is 5.12. The lowest BCUT2D eigenvalue weighted by Crippen LogP contribution is -2.11. The average molecular weight is 348 g/mol. The summed E-state index contributed by atoms with van der Waals surface area (Å²) >= 11 is 0. The second kappa shape index (κ2) is 7.51. The standard InChI is InChI=1S/C21H23F3O/c1-3-25-19-11-10-17(20(23)21(19)24)16-9-8-15(12-18(16)22)14-6-4-13(2)5-7-14/h8-14H,3-7H2,1-2H3. The predicted octanol–water partition coefficient (Wildman–Crippen LogP) is 6.46. The van der Waals surface area contributed by atoms with Crippen LogP contribution in [0.1, 0.15) is 51.0 Å². The van der Waals surface area contributed by atoms with Crippen LogP contribution in [0.2, 0.25) is 0 Å². The molecular formula is C21H23F3O. The Morgan fingerprint density at radius 3 is 2.24 bits per heavy atom. The Labute approximate surface area is 146 Å². The van der Waals surface area contributed by atoms with Gasteiger partial charge in [-0.2, -0.15) is 4.39 Å². The first-order valence-electron chi connectivity index (χ1n) is 8.91. The quantitative estimate of drug-likeness (QED) is 0.616. The molecule has 25 heavy (non-hydrogen) atoms. The molecule has 0 bridgehead atoms. The fourth-order valence-corrected chi connectivity index (χ4v) is 3.60. The van der Waals surface area contributed by atoms with E-state index < -0.39 is 17.5 Å². The van der Waals surface area contributed by atoms with Gasteiger partial charge >= 0.3 is 0 Å². The van der Waals surface area contributed by atoms with E-state index in [1.165, 1.54) is 18.2 Å². The Balaban J connectivity index is 1.90. The highest BCUT2D eigenvalue weighted by Crippen LogP contribution is 2.38. The fourth-order valence-electron chi connectivity index (χ4n) is 3.60. The number of halogens is 3. The van der Waals surface area contributed by atoms with Crippen LogP contribution in [0.25, 0.3) is 11.1 Å². The first kappa shape index (κ1) is 17.8. The minimum Gasteiger partial charge on any atom is -0.491 e. The van der Waals surface area contributed by atoms with E-state index in [0.29, 0.717) is 5.92 Å². The maximum Gasteiger partial charge on any atom is 0.201 e. The van der Waals surface area contributed by atoms with Gasteiger partial charge in [0.1, 0.15) is 5.82 Å². The zero-order chi connectivity index (χ0) is 18.0. The van der Waals surface area contributed by atoms with Crippen LogP contribution in [0.15, 0.2) is 30.3 Å². The van der Waals surface area contributed by atoms with Crippen LogP contribution in [0.3, 0.4) is 0 Å². The lowest BCUT2D eigenvalue weighted by molar-refractivity contribution is 0.314. The molecule has 2 aromatic rings.